The first-order valence-corrected chi connectivity index (χ1v) is 5.91. The lowest BCUT2D eigenvalue weighted by molar-refractivity contribution is 0.594. The molecule has 0 fully saturated rings. The molecule has 0 aliphatic rings. The van der Waals surface area contributed by atoms with E-state index in [1.165, 1.54) is 0 Å². The summed E-state index contributed by atoms with van der Waals surface area (Å²) in [6.07, 6.45) is 3.72. The molecule has 1 rings (SSSR count). The van der Waals surface area contributed by atoms with Crippen LogP contribution in [0.3, 0.4) is 0 Å². The summed E-state index contributed by atoms with van der Waals surface area (Å²) in [6, 6.07) is 8.95. The third kappa shape index (κ3) is 2.91. The van der Waals surface area contributed by atoms with Crippen LogP contribution in [0.2, 0.25) is 6.04 Å². The van der Waals surface area contributed by atoms with E-state index in [0.717, 1.165) is 17.4 Å². The van der Waals surface area contributed by atoms with Gasteiger partial charge in [-0.1, -0.05) is 36.9 Å². The number of benzene rings is 1. The summed E-state index contributed by atoms with van der Waals surface area (Å²) in [5.41, 5.74) is 1.07. The van der Waals surface area contributed by atoms with Gasteiger partial charge in [0.1, 0.15) is 5.75 Å². The van der Waals surface area contributed by atoms with Crippen LogP contribution in [0.5, 0.6) is 5.75 Å². The molecule has 0 saturated carbocycles. The second kappa shape index (κ2) is 5.38. The van der Waals surface area contributed by atoms with Crippen molar-refractivity contribution in [2.75, 3.05) is 0 Å². The fraction of sp³-hybridized carbons (Fsp3) is 0.0909. The number of para-hydroxylation sites is 1. The molecule has 0 aromatic heterocycles. The second-order valence-electron chi connectivity index (χ2n) is 2.67. The molecule has 0 N–H and O–H groups in total. The van der Waals surface area contributed by atoms with E-state index in [0.29, 0.717) is 0 Å². The van der Waals surface area contributed by atoms with Gasteiger partial charge in [0, 0.05) is 5.56 Å². The first-order chi connectivity index (χ1) is 6.38. The first-order valence-electron chi connectivity index (χ1n) is 4.33. The van der Waals surface area contributed by atoms with Gasteiger partial charge in [0.25, 0.3) is 0 Å². The molecule has 0 aliphatic carbocycles. The maximum atomic E-state index is 5.66. The zero-order chi connectivity index (χ0) is 9.52. The molecule has 0 spiro atoms. The van der Waals surface area contributed by atoms with Gasteiger partial charge in [-0.25, -0.2) is 0 Å². The van der Waals surface area contributed by atoms with Gasteiger partial charge in [0.2, 0.25) is 9.76 Å². The quantitative estimate of drug-likeness (QED) is 0.393. The fourth-order valence-electron chi connectivity index (χ4n) is 1.03. The number of rotatable bonds is 5. The Morgan fingerprint density at radius 1 is 1.31 bits per heavy atom. The van der Waals surface area contributed by atoms with Crippen molar-refractivity contribution in [2.45, 2.75) is 6.04 Å². The molecule has 2 heteroatoms. The van der Waals surface area contributed by atoms with Gasteiger partial charge in [-0.2, -0.15) is 0 Å². The van der Waals surface area contributed by atoms with Crippen molar-refractivity contribution in [3.63, 3.8) is 0 Å². The van der Waals surface area contributed by atoms with E-state index in [1.807, 2.05) is 36.4 Å². The lowest BCUT2D eigenvalue weighted by Crippen LogP contribution is -2.00. The molecular formula is C11H14OSi. The molecule has 0 radical (unpaired) electrons. The summed E-state index contributed by atoms with van der Waals surface area (Å²) in [7, 11) is -0.484. The minimum absolute atomic E-state index is 0.484. The van der Waals surface area contributed by atoms with Crippen molar-refractivity contribution in [1.29, 1.82) is 0 Å². The van der Waals surface area contributed by atoms with E-state index < -0.39 is 9.76 Å². The molecule has 0 aliphatic heterocycles. The van der Waals surface area contributed by atoms with Gasteiger partial charge in [0.05, 0.1) is 0 Å². The van der Waals surface area contributed by atoms with E-state index in [2.05, 4.69) is 13.2 Å². The summed E-state index contributed by atoms with van der Waals surface area (Å²) in [4.78, 5) is 0. The molecule has 0 saturated heterocycles. The van der Waals surface area contributed by atoms with E-state index in [1.54, 1.807) is 0 Å². The van der Waals surface area contributed by atoms with Gasteiger partial charge >= 0.3 is 0 Å². The van der Waals surface area contributed by atoms with Gasteiger partial charge in [-0.3, -0.25) is 0 Å². The van der Waals surface area contributed by atoms with Crippen LogP contribution in [0, 0.1) is 0 Å². The van der Waals surface area contributed by atoms with Crippen LogP contribution in [0.15, 0.2) is 43.5 Å². The Bertz CT molecular complexity index is 294. The van der Waals surface area contributed by atoms with Crippen molar-refractivity contribution in [2.24, 2.45) is 0 Å². The number of hydrogen-bond acceptors (Lipinski definition) is 1. The van der Waals surface area contributed by atoms with Crippen LogP contribution in [0.4, 0.5) is 0 Å². The Kier molecular flexibility index (Phi) is 4.06. The molecule has 0 atom stereocenters. The molecule has 1 aromatic carbocycles. The zero-order valence-corrected chi connectivity index (χ0v) is 9.11. The highest BCUT2D eigenvalue weighted by Gasteiger charge is 1.96. The monoisotopic (exact) mass is 190 g/mol. The number of hydrogen-bond donors (Lipinski definition) is 0. The smallest absolute Gasteiger partial charge is 0.223 e. The molecule has 1 nitrogen and oxygen atoms in total. The SMILES string of the molecule is C=CC[SiH2]Oc1ccccc1C=C. The highest BCUT2D eigenvalue weighted by atomic mass is 28.2. The van der Waals surface area contributed by atoms with Crippen LogP contribution in [-0.4, -0.2) is 9.76 Å². The summed E-state index contributed by atoms with van der Waals surface area (Å²) >= 11 is 0. The predicted octanol–water partition coefficient (Wildman–Crippen LogP) is 2.40. The summed E-state index contributed by atoms with van der Waals surface area (Å²) in [5.74, 6) is 0.950. The van der Waals surface area contributed by atoms with Crippen LogP contribution >= 0.6 is 0 Å². The average Bonchev–Trinajstić information content (AvgIpc) is 2.19. The third-order valence-electron chi connectivity index (χ3n) is 1.72. The largest absolute Gasteiger partial charge is 0.549 e. The average molecular weight is 190 g/mol. The molecule has 68 valence electrons. The normalized spacial score (nSPS) is 10.2. The molecule has 1 aromatic rings. The van der Waals surface area contributed by atoms with Gasteiger partial charge < -0.3 is 4.43 Å². The Balaban J connectivity index is 2.63. The highest BCUT2D eigenvalue weighted by molar-refractivity contribution is 6.29. The Morgan fingerprint density at radius 2 is 2.08 bits per heavy atom. The molecule has 0 amide bonds. The summed E-state index contributed by atoms with van der Waals surface area (Å²) < 4.78 is 5.66. The number of allylic oxidation sites excluding steroid dienone is 1. The minimum atomic E-state index is -0.484. The molecular weight excluding hydrogens is 176 g/mol. The summed E-state index contributed by atoms with van der Waals surface area (Å²) in [5, 5.41) is 0. The predicted molar refractivity (Wildman–Crippen MR) is 60.7 cm³/mol. The van der Waals surface area contributed by atoms with E-state index in [-0.39, 0.29) is 0 Å². The van der Waals surface area contributed by atoms with Crippen molar-refractivity contribution >= 4 is 15.8 Å². The Labute approximate surface area is 81.7 Å². The van der Waals surface area contributed by atoms with Crippen LogP contribution in [0.1, 0.15) is 5.56 Å². The molecule has 0 heterocycles. The molecule has 13 heavy (non-hydrogen) atoms. The zero-order valence-electron chi connectivity index (χ0n) is 7.70. The maximum absolute atomic E-state index is 5.66. The van der Waals surface area contributed by atoms with Crippen LogP contribution < -0.4 is 4.43 Å². The Hall–Kier alpha value is -1.28. The fourth-order valence-corrected chi connectivity index (χ4v) is 1.80. The van der Waals surface area contributed by atoms with Crippen molar-refractivity contribution in [3.05, 3.63) is 49.1 Å². The molecule has 0 bridgehead atoms. The lowest BCUT2D eigenvalue weighted by atomic mass is 10.2. The summed E-state index contributed by atoms with van der Waals surface area (Å²) in [6.45, 7) is 7.40. The molecule has 0 unspecified atom stereocenters. The van der Waals surface area contributed by atoms with Crippen molar-refractivity contribution < 1.29 is 4.43 Å². The second-order valence-corrected chi connectivity index (χ2v) is 3.94. The van der Waals surface area contributed by atoms with E-state index in [9.17, 15) is 0 Å². The first kappa shape index (κ1) is 9.80. The van der Waals surface area contributed by atoms with Gasteiger partial charge in [0.15, 0.2) is 0 Å². The van der Waals surface area contributed by atoms with Crippen LogP contribution in [0.25, 0.3) is 6.08 Å². The van der Waals surface area contributed by atoms with Crippen molar-refractivity contribution in [1.82, 2.24) is 0 Å². The van der Waals surface area contributed by atoms with Crippen LogP contribution in [-0.2, 0) is 0 Å². The minimum Gasteiger partial charge on any atom is -0.549 e. The van der Waals surface area contributed by atoms with E-state index >= 15 is 0 Å². The van der Waals surface area contributed by atoms with Gasteiger partial charge in [-0.15, -0.1) is 6.58 Å². The van der Waals surface area contributed by atoms with Gasteiger partial charge in [-0.05, 0) is 12.1 Å². The lowest BCUT2D eigenvalue weighted by Gasteiger charge is -2.07. The van der Waals surface area contributed by atoms with Crippen molar-refractivity contribution in [3.8, 4) is 5.75 Å². The van der Waals surface area contributed by atoms with E-state index in [4.69, 9.17) is 4.43 Å². The maximum Gasteiger partial charge on any atom is 0.223 e. The topological polar surface area (TPSA) is 9.23 Å². The highest BCUT2D eigenvalue weighted by Crippen LogP contribution is 2.18. The standard InChI is InChI=1S/C11H14OSi/c1-3-9-13-12-11-8-6-5-7-10(11)4-2/h3-8H,1-2,9,13H2. The Morgan fingerprint density at radius 3 is 2.77 bits per heavy atom. The third-order valence-corrected chi connectivity index (χ3v) is 2.88.